The Hall–Kier alpha value is -3.93. The van der Waals surface area contributed by atoms with E-state index in [2.05, 4.69) is 130 Å². The zero-order valence-corrected chi connectivity index (χ0v) is 44.8. The molecule has 0 aromatic rings. The van der Waals surface area contributed by atoms with E-state index in [4.69, 9.17) is 14.2 Å². The van der Waals surface area contributed by atoms with E-state index in [1.54, 1.807) is 0 Å². The number of carbonyl (C=O) groups excluding carboxylic acids is 3. The topological polar surface area (TPSA) is 78.9 Å². The molecule has 0 saturated heterocycles. The summed E-state index contributed by atoms with van der Waals surface area (Å²) in [5.41, 5.74) is 0. The Morgan fingerprint density at radius 1 is 0.290 bits per heavy atom. The van der Waals surface area contributed by atoms with Crippen LogP contribution in [-0.4, -0.2) is 37.2 Å². The van der Waals surface area contributed by atoms with Gasteiger partial charge in [0.05, 0.1) is 0 Å². The molecule has 0 aromatic carbocycles. The Bertz CT molecular complexity index is 1420. The largest absolute Gasteiger partial charge is 0.462 e. The highest BCUT2D eigenvalue weighted by Crippen LogP contribution is 2.13. The highest BCUT2D eigenvalue weighted by molar-refractivity contribution is 5.71. The van der Waals surface area contributed by atoms with E-state index >= 15 is 0 Å². The fourth-order valence-corrected chi connectivity index (χ4v) is 7.41. The van der Waals surface area contributed by atoms with Crippen molar-refractivity contribution in [3.8, 4) is 0 Å². The van der Waals surface area contributed by atoms with Crippen LogP contribution in [-0.2, 0) is 28.6 Å². The van der Waals surface area contributed by atoms with Crippen molar-refractivity contribution < 1.29 is 28.6 Å². The van der Waals surface area contributed by atoms with Gasteiger partial charge in [-0.3, -0.25) is 14.4 Å². The second kappa shape index (κ2) is 56.7. The summed E-state index contributed by atoms with van der Waals surface area (Å²) in [6, 6.07) is 0. The van der Waals surface area contributed by atoms with Gasteiger partial charge in [-0.1, -0.05) is 214 Å². The number of carbonyl (C=O) groups is 3. The highest BCUT2D eigenvalue weighted by Gasteiger charge is 2.19. The van der Waals surface area contributed by atoms with Crippen LogP contribution in [0.1, 0.15) is 252 Å². The molecule has 0 radical (unpaired) electrons. The predicted molar refractivity (Wildman–Crippen MR) is 297 cm³/mol. The van der Waals surface area contributed by atoms with Gasteiger partial charge in [-0.05, 0) is 128 Å². The molecule has 6 heteroatoms. The van der Waals surface area contributed by atoms with Crippen molar-refractivity contribution in [1.29, 1.82) is 0 Å². The lowest BCUT2D eigenvalue weighted by molar-refractivity contribution is -0.167. The molecule has 6 nitrogen and oxygen atoms in total. The molecule has 0 unspecified atom stereocenters. The SMILES string of the molecule is CCCCC/C=C\C/C=C\C/C=C\C/C=C\CCCC(=O)O[C@@H](COC(=O)CCCC/C=C\C/C=C\C/C=C\CCCCC)COC(=O)CCCCCCCCCCC/C=C\C/C=C\CCCCC. The van der Waals surface area contributed by atoms with Crippen molar-refractivity contribution >= 4 is 17.9 Å². The summed E-state index contributed by atoms with van der Waals surface area (Å²) < 4.78 is 16.8. The Balaban J connectivity index is 4.53. The molecule has 0 amide bonds. The van der Waals surface area contributed by atoms with Crippen LogP contribution >= 0.6 is 0 Å². The van der Waals surface area contributed by atoms with Crippen molar-refractivity contribution in [1.82, 2.24) is 0 Å². The van der Waals surface area contributed by atoms with Crippen LogP contribution in [0.15, 0.2) is 109 Å². The van der Waals surface area contributed by atoms with Crippen molar-refractivity contribution in [3.05, 3.63) is 109 Å². The molecule has 0 aliphatic heterocycles. The Kier molecular flexibility index (Phi) is 53.4. The third-order valence-electron chi connectivity index (χ3n) is 11.7. The van der Waals surface area contributed by atoms with E-state index in [-0.39, 0.29) is 37.5 Å². The fraction of sp³-hybridized carbons (Fsp3) is 0.667. The highest BCUT2D eigenvalue weighted by atomic mass is 16.6. The first-order chi connectivity index (χ1) is 34.0. The summed E-state index contributed by atoms with van der Waals surface area (Å²) in [4.78, 5) is 38.1. The summed E-state index contributed by atoms with van der Waals surface area (Å²) in [6.07, 6.45) is 76.5. The van der Waals surface area contributed by atoms with Crippen molar-refractivity contribution in [2.45, 2.75) is 258 Å². The van der Waals surface area contributed by atoms with Gasteiger partial charge in [0.25, 0.3) is 0 Å². The lowest BCUT2D eigenvalue weighted by Gasteiger charge is -2.18. The van der Waals surface area contributed by atoms with Crippen LogP contribution in [0.5, 0.6) is 0 Å². The average molecular weight is 958 g/mol. The summed E-state index contributed by atoms with van der Waals surface area (Å²) in [6.45, 7) is 6.47. The molecule has 0 heterocycles. The van der Waals surface area contributed by atoms with E-state index in [9.17, 15) is 14.4 Å². The van der Waals surface area contributed by atoms with Gasteiger partial charge in [-0.15, -0.1) is 0 Å². The van der Waals surface area contributed by atoms with Gasteiger partial charge in [0, 0.05) is 19.3 Å². The molecule has 0 saturated carbocycles. The number of ether oxygens (including phenoxy) is 3. The van der Waals surface area contributed by atoms with Gasteiger partial charge in [0.1, 0.15) is 13.2 Å². The normalized spacial score (nSPS) is 12.9. The third kappa shape index (κ3) is 54.9. The number of unbranched alkanes of at least 4 members (excludes halogenated alkanes) is 21. The summed E-state index contributed by atoms with van der Waals surface area (Å²) in [5, 5.41) is 0. The van der Waals surface area contributed by atoms with E-state index in [1.165, 1.54) is 122 Å². The van der Waals surface area contributed by atoms with Gasteiger partial charge in [0.15, 0.2) is 6.10 Å². The molecule has 0 bridgehead atoms. The first-order valence-corrected chi connectivity index (χ1v) is 28.4. The minimum atomic E-state index is -0.826. The molecule has 0 aromatic heterocycles. The molecule has 0 aliphatic rings. The first-order valence-electron chi connectivity index (χ1n) is 28.4. The standard InChI is InChI=1S/C63H104O6/c1-4-7-10-13-16-19-22-25-28-30-31-33-35-38-41-44-47-50-53-56-62(65)68-59-60(58-67-61(64)55-52-49-46-43-40-37-34-27-24-21-18-15-12-9-6-3)69-63(66)57-54-51-48-45-42-39-36-32-29-26-23-20-17-14-11-8-5-2/h16-21,25-29,34,36,39-40,43,45,48,60H,4-15,22-24,30-33,35,37-38,41-42,44,46-47,49-59H2,1-3H3/b19-16-,20-17-,21-18-,28-25-,29-26-,34-27-,39-36-,43-40-,48-45-/t60-/m0/s1. The number of hydrogen-bond acceptors (Lipinski definition) is 6. The molecule has 0 fully saturated rings. The van der Waals surface area contributed by atoms with E-state index in [0.717, 1.165) is 77.0 Å². The van der Waals surface area contributed by atoms with Crippen LogP contribution < -0.4 is 0 Å². The molecular weight excluding hydrogens is 853 g/mol. The average Bonchev–Trinajstić information content (AvgIpc) is 3.35. The smallest absolute Gasteiger partial charge is 0.306 e. The zero-order valence-electron chi connectivity index (χ0n) is 44.8. The predicted octanol–water partition coefficient (Wildman–Crippen LogP) is 19.1. The lowest BCUT2D eigenvalue weighted by atomic mass is 10.1. The second-order valence-corrected chi connectivity index (χ2v) is 18.5. The summed E-state index contributed by atoms with van der Waals surface area (Å²) >= 11 is 0. The Morgan fingerprint density at radius 2 is 0.536 bits per heavy atom. The van der Waals surface area contributed by atoms with Gasteiger partial charge in [-0.25, -0.2) is 0 Å². The molecule has 0 aliphatic carbocycles. The number of esters is 3. The molecule has 0 N–H and O–H groups in total. The number of rotatable bonds is 50. The Labute approximate surface area is 425 Å². The third-order valence-corrected chi connectivity index (χ3v) is 11.7. The quantitative estimate of drug-likeness (QED) is 0.0262. The molecule has 69 heavy (non-hydrogen) atoms. The molecule has 0 spiro atoms. The minimum absolute atomic E-state index is 0.116. The maximum atomic E-state index is 12.8. The van der Waals surface area contributed by atoms with Gasteiger partial charge in [-0.2, -0.15) is 0 Å². The van der Waals surface area contributed by atoms with Crippen molar-refractivity contribution in [2.75, 3.05) is 13.2 Å². The van der Waals surface area contributed by atoms with Gasteiger partial charge >= 0.3 is 17.9 Å². The van der Waals surface area contributed by atoms with Crippen LogP contribution in [0.4, 0.5) is 0 Å². The van der Waals surface area contributed by atoms with Crippen LogP contribution in [0.2, 0.25) is 0 Å². The Morgan fingerprint density at radius 3 is 0.884 bits per heavy atom. The monoisotopic (exact) mass is 957 g/mol. The van der Waals surface area contributed by atoms with E-state index in [0.29, 0.717) is 25.7 Å². The van der Waals surface area contributed by atoms with Crippen molar-refractivity contribution in [2.24, 2.45) is 0 Å². The molecule has 1 atom stereocenters. The molecule has 0 rings (SSSR count). The van der Waals surface area contributed by atoms with Gasteiger partial charge < -0.3 is 14.2 Å². The fourth-order valence-electron chi connectivity index (χ4n) is 7.41. The summed E-state index contributed by atoms with van der Waals surface area (Å²) in [7, 11) is 0. The van der Waals surface area contributed by atoms with Crippen molar-refractivity contribution in [3.63, 3.8) is 0 Å². The lowest BCUT2D eigenvalue weighted by Crippen LogP contribution is -2.30. The van der Waals surface area contributed by atoms with E-state index in [1.807, 2.05) is 0 Å². The van der Waals surface area contributed by atoms with Crippen LogP contribution in [0.3, 0.4) is 0 Å². The maximum absolute atomic E-state index is 12.8. The minimum Gasteiger partial charge on any atom is -0.462 e. The van der Waals surface area contributed by atoms with Crippen LogP contribution in [0, 0.1) is 0 Å². The van der Waals surface area contributed by atoms with E-state index < -0.39 is 6.10 Å². The molecular formula is C63H104O6. The van der Waals surface area contributed by atoms with Gasteiger partial charge in [0.2, 0.25) is 0 Å². The number of allylic oxidation sites excluding steroid dienone is 18. The van der Waals surface area contributed by atoms with Crippen LogP contribution in [0.25, 0.3) is 0 Å². The first kappa shape index (κ1) is 65.1. The zero-order chi connectivity index (χ0) is 50.0. The molecule has 392 valence electrons. The summed E-state index contributed by atoms with van der Waals surface area (Å²) in [5.74, 6) is -1.02. The number of hydrogen-bond donors (Lipinski definition) is 0. The maximum Gasteiger partial charge on any atom is 0.306 e. The second-order valence-electron chi connectivity index (χ2n) is 18.5.